The number of nitrogens with zero attached hydrogens (tertiary/aromatic N) is 1. The Bertz CT molecular complexity index is 1070. The Morgan fingerprint density at radius 2 is 1.79 bits per heavy atom. The molecule has 0 unspecified atom stereocenters. The number of hydrogen-bond donors (Lipinski definition) is 0. The van der Waals surface area contributed by atoms with Crippen LogP contribution in [-0.4, -0.2) is 23.9 Å². The molecular weight excluding hydrogens is 486 g/mol. The Morgan fingerprint density at radius 1 is 1.07 bits per heavy atom. The van der Waals surface area contributed by atoms with Gasteiger partial charge in [0, 0.05) is 22.9 Å². The number of carbonyl (C=O) groups is 1. The number of rotatable bonds is 3. The average Bonchev–Trinajstić information content (AvgIpc) is 2.69. The van der Waals surface area contributed by atoms with Crippen molar-refractivity contribution in [3.63, 3.8) is 0 Å². The summed E-state index contributed by atoms with van der Waals surface area (Å²) in [5.41, 5.74) is 1.29. The lowest BCUT2D eigenvalue weighted by molar-refractivity contribution is 0.0686. The highest BCUT2D eigenvalue weighted by atomic mass is 79.9. The van der Waals surface area contributed by atoms with E-state index in [1.807, 2.05) is 18.2 Å². The first kappa shape index (κ1) is 19.4. The zero-order chi connectivity index (χ0) is 19.7. The zero-order valence-electron chi connectivity index (χ0n) is 15.2. The second kappa shape index (κ2) is 8.21. The van der Waals surface area contributed by atoms with Gasteiger partial charge in [-0.15, -0.1) is 0 Å². The van der Waals surface area contributed by atoms with Crippen LogP contribution < -0.4 is 5.63 Å². The molecule has 4 nitrogen and oxygen atoms in total. The van der Waals surface area contributed by atoms with Crippen LogP contribution in [0.5, 0.6) is 0 Å². The second-order valence-electron chi connectivity index (χ2n) is 7.18. The molecule has 1 amide bonds. The van der Waals surface area contributed by atoms with Crippen molar-refractivity contribution in [2.75, 3.05) is 13.1 Å². The molecule has 2 aromatic carbocycles. The van der Waals surface area contributed by atoms with Crippen LogP contribution in [0.4, 0.5) is 0 Å². The minimum absolute atomic E-state index is 0.0963. The molecule has 0 saturated carbocycles. The SMILES string of the molecule is O=C(c1cc2cc(Br)cc(Br)c2oc1=O)N1CCC(Cc2ccccc2)CC1. The van der Waals surface area contributed by atoms with E-state index < -0.39 is 5.63 Å². The molecule has 6 heteroatoms. The number of likely N-dealkylation sites (tertiary alicyclic amines) is 1. The molecule has 0 spiro atoms. The molecule has 2 heterocycles. The summed E-state index contributed by atoms with van der Waals surface area (Å²) in [5, 5.41) is 0.711. The molecule has 0 aliphatic carbocycles. The number of hydrogen-bond acceptors (Lipinski definition) is 3. The summed E-state index contributed by atoms with van der Waals surface area (Å²) >= 11 is 6.82. The minimum Gasteiger partial charge on any atom is -0.421 e. The second-order valence-corrected chi connectivity index (χ2v) is 8.95. The van der Waals surface area contributed by atoms with Crippen molar-refractivity contribution in [2.45, 2.75) is 19.3 Å². The summed E-state index contributed by atoms with van der Waals surface area (Å²) in [4.78, 5) is 27.1. The van der Waals surface area contributed by atoms with Gasteiger partial charge >= 0.3 is 5.63 Å². The van der Waals surface area contributed by atoms with Crippen LogP contribution in [0.1, 0.15) is 28.8 Å². The van der Waals surface area contributed by atoms with Crippen molar-refractivity contribution >= 4 is 48.7 Å². The van der Waals surface area contributed by atoms with E-state index in [1.165, 1.54) is 5.56 Å². The first-order valence-electron chi connectivity index (χ1n) is 9.27. The van der Waals surface area contributed by atoms with Crippen LogP contribution in [0, 0.1) is 5.92 Å². The van der Waals surface area contributed by atoms with Gasteiger partial charge < -0.3 is 9.32 Å². The van der Waals surface area contributed by atoms with Gasteiger partial charge in [-0.25, -0.2) is 4.79 Å². The van der Waals surface area contributed by atoms with Crippen LogP contribution in [0.15, 0.2) is 66.7 Å². The van der Waals surface area contributed by atoms with Gasteiger partial charge in [-0.3, -0.25) is 4.79 Å². The highest BCUT2D eigenvalue weighted by Crippen LogP contribution is 2.29. The molecule has 0 radical (unpaired) electrons. The van der Waals surface area contributed by atoms with Gasteiger partial charge in [0.05, 0.1) is 4.47 Å². The molecule has 28 heavy (non-hydrogen) atoms. The molecule has 0 N–H and O–H groups in total. The minimum atomic E-state index is -0.591. The van der Waals surface area contributed by atoms with E-state index in [0.29, 0.717) is 34.4 Å². The van der Waals surface area contributed by atoms with Crippen LogP contribution >= 0.6 is 31.9 Å². The third-order valence-corrected chi connectivity index (χ3v) is 6.30. The molecule has 3 aromatic rings. The highest BCUT2D eigenvalue weighted by molar-refractivity contribution is 9.11. The van der Waals surface area contributed by atoms with E-state index in [4.69, 9.17) is 4.42 Å². The van der Waals surface area contributed by atoms with Gasteiger partial charge in [0.15, 0.2) is 5.58 Å². The molecule has 1 aliphatic rings. The zero-order valence-corrected chi connectivity index (χ0v) is 18.3. The monoisotopic (exact) mass is 503 g/mol. The van der Waals surface area contributed by atoms with Crippen LogP contribution in [-0.2, 0) is 6.42 Å². The standard InChI is InChI=1S/C22H19Br2NO3/c23-17-11-16-12-18(22(27)28-20(16)19(24)13-17)21(26)25-8-6-15(7-9-25)10-14-4-2-1-3-5-14/h1-5,11-13,15H,6-10H2. The third kappa shape index (κ3) is 4.08. The molecule has 144 valence electrons. The van der Waals surface area contributed by atoms with Gasteiger partial charge in [-0.2, -0.15) is 0 Å². The number of benzene rings is 2. The fourth-order valence-electron chi connectivity index (χ4n) is 3.76. The fourth-order valence-corrected chi connectivity index (χ4v) is 5.10. The van der Waals surface area contributed by atoms with Crippen molar-refractivity contribution in [3.05, 3.63) is 79.0 Å². The molecule has 1 aliphatic heterocycles. The predicted molar refractivity (Wildman–Crippen MR) is 117 cm³/mol. The Balaban J connectivity index is 1.49. The van der Waals surface area contributed by atoms with Crippen molar-refractivity contribution in [1.82, 2.24) is 4.90 Å². The lowest BCUT2D eigenvalue weighted by Gasteiger charge is -2.32. The van der Waals surface area contributed by atoms with Gasteiger partial charge in [0.1, 0.15) is 5.56 Å². The number of piperidine rings is 1. The third-order valence-electron chi connectivity index (χ3n) is 5.25. The van der Waals surface area contributed by atoms with Crippen LogP contribution in [0.3, 0.4) is 0 Å². The largest absolute Gasteiger partial charge is 0.421 e. The molecule has 1 saturated heterocycles. The molecular formula is C22H19Br2NO3. The van der Waals surface area contributed by atoms with E-state index >= 15 is 0 Å². The van der Waals surface area contributed by atoms with Crippen LogP contribution in [0.2, 0.25) is 0 Å². The summed E-state index contributed by atoms with van der Waals surface area (Å²) in [6.07, 6.45) is 2.91. The lowest BCUT2D eigenvalue weighted by Crippen LogP contribution is -2.40. The highest BCUT2D eigenvalue weighted by Gasteiger charge is 2.26. The molecule has 0 atom stereocenters. The summed E-state index contributed by atoms with van der Waals surface area (Å²) in [7, 11) is 0. The van der Waals surface area contributed by atoms with E-state index in [1.54, 1.807) is 11.0 Å². The number of fused-ring (bicyclic) bond motifs is 1. The van der Waals surface area contributed by atoms with Crippen molar-refractivity contribution in [2.24, 2.45) is 5.92 Å². The number of carbonyl (C=O) groups excluding carboxylic acids is 1. The van der Waals surface area contributed by atoms with E-state index in [-0.39, 0.29) is 11.5 Å². The predicted octanol–water partition coefficient (Wildman–Crippen LogP) is 5.41. The number of halogens is 2. The first-order valence-corrected chi connectivity index (χ1v) is 10.9. The molecule has 1 fully saturated rings. The topological polar surface area (TPSA) is 50.5 Å². The van der Waals surface area contributed by atoms with Crippen molar-refractivity contribution in [1.29, 1.82) is 0 Å². The average molecular weight is 505 g/mol. The van der Waals surface area contributed by atoms with Gasteiger partial charge in [0.25, 0.3) is 5.91 Å². The van der Waals surface area contributed by atoms with E-state index in [2.05, 4.69) is 56.1 Å². The Kier molecular flexibility index (Phi) is 5.69. The Labute approximate surface area is 179 Å². The summed E-state index contributed by atoms with van der Waals surface area (Å²) in [5.74, 6) is 0.316. The van der Waals surface area contributed by atoms with Gasteiger partial charge in [-0.05, 0) is 64.9 Å². The van der Waals surface area contributed by atoms with Gasteiger partial charge in [-0.1, -0.05) is 46.3 Å². The van der Waals surface area contributed by atoms with Crippen molar-refractivity contribution in [3.8, 4) is 0 Å². The van der Waals surface area contributed by atoms with E-state index in [0.717, 1.165) is 23.7 Å². The van der Waals surface area contributed by atoms with Crippen LogP contribution in [0.25, 0.3) is 11.0 Å². The van der Waals surface area contributed by atoms with Gasteiger partial charge in [0.2, 0.25) is 0 Å². The summed E-state index contributed by atoms with van der Waals surface area (Å²) < 4.78 is 6.94. The smallest absolute Gasteiger partial charge is 0.349 e. The molecule has 4 rings (SSSR count). The summed E-state index contributed by atoms with van der Waals surface area (Å²) in [6.45, 7) is 1.33. The first-order chi connectivity index (χ1) is 13.5. The Hall–Kier alpha value is -1.92. The Morgan fingerprint density at radius 3 is 2.50 bits per heavy atom. The summed E-state index contributed by atoms with van der Waals surface area (Å²) in [6, 6.07) is 15.7. The maximum Gasteiger partial charge on any atom is 0.349 e. The van der Waals surface area contributed by atoms with E-state index in [9.17, 15) is 9.59 Å². The molecule has 1 aromatic heterocycles. The quantitative estimate of drug-likeness (QED) is 0.448. The maximum atomic E-state index is 12.9. The number of amides is 1. The normalized spacial score (nSPS) is 15.1. The van der Waals surface area contributed by atoms with Crippen molar-refractivity contribution < 1.29 is 9.21 Å². The fraction of sp³-hybridized carbons (Fsp3) is 0.273. The molecule has 0 bridgehead atoms. The maximum absolute atomic E-state index is 12.9. The lowest BCUT2D eigenvalue weighted by atomic mass is 9.90.